The molecule has 5 heteroatoms. The Balaban J connectivity index is 2.59. The van der Waals surface area contributed by atoms with Gasteiger partial charge in [0.1, 0.15) is 0 Å². The molecule has 1 aromatic carbocycles. The summed E-state index contributed by atoms with van der Waals surface area (Å²) in [5, 5.41) is 6.53. The highest BCUT2D eigenvalue weighted by Crippen LogP contribution is 2.27. The van der Waals surface area contributed by atoms with E-state index in [1.807, 2.05) is 18.2 Å². The van der Waals surface area contributed by atoms with Crippen LogP contribution < -0.4 is 10.6 Å². The Labute approximate surface area is 111 Å². The quantitative estimate of drug-likeness (QED) is 0.781. The third-order valence-corrected chi connectivity index (χ3v) is 3.71. The number of hydrogen-bond acceptors (Lipinski definition) is 3. The van der Waals surface area contributed by atoms with Crippen molar-refractivity contribution in [2.75, 3.05) is 19.3 Å². The lowest BCUT2D eigenvalue weighted by Gasteiger charge is -2.07. The summed E-state index contributed by atoms with van der Waals surface area (Å²) in [6.45, 7) is 3.82. The fraction of sp³-hybridized carbons (Fsp3) is 0.417. The number of halogens is 1. The molecule has 0 unspecified atom stereocenters. The first-order chi connectivity index (χ1) is 8.17. The third kappa shape index (κ3) is 4.98. The van der Waals surface area contributed by atoms with E-state index in [0.29, 0.717) is 10.8 Å². The first-order valence-electron chi connectivity index (χ1n) is 5.50. The van der Waals surface area contributed by atoms with Crippen LogP contribution in [-0.2, 0) is 11.3 Å². The topological polar surface area (TPSA) is 41.1 Å². The number of carbonyl (C=O) groups excluding carboxylic acids is 1. The first kappa shape index (κ1) is 14.4. The lowest BCUT2D eigenvalue weighted by molar-refractivity contribution is -0.118. The van der Waals surface area contributed by atoms with Gasteiger partial charge in [-0.05, 0) is 24.2 Å². The van der Waals surface area contributed by atoms with E-state index in [1.54, 1.807) is 7.05 Å². The number of benzene rings is 1. The van der Waals surface area contributed by atoms with Crippen LogP contribution >= 0.6 is 23.4 Å². The van der Waals surface area contributed by atoms with E-state index in [2.05, 4.69) is 17.6 Å². The van der Waals surface area contributed by atoms with Gasteiger partial charge in [0.05, 0.1) is 10.8 Å². The number of amides is 1. The van der Waals surface area contributed by atoms with Crippen LogP contribution in [0.1, 0.15) is 12.5 Å². The van der Waals surface area contributed by atoms with Gasteiger partial charge in [0.2, 0.25) is 5.91 Å². The van der Waals surface area contributed by atoms with Crippen LogP contribution in [0.2, 0.25) is 5.02 Å². The molecule has 0 spiro atoms. The number of thioether (sulfide) groups is 1. The maximum absolute atomic E-state index is 11.1. The minimum Gasteiger partial charge on any atom is -0.358 e. The zero-order chi connectivity index (χ0) is 12.7. The predicted molar refractivity (Wildman–Crippen MR) is 73.6 cm³/mol. The number of nitrogens with one attached hydrogen (secondary N) is 2. The molecule has 1 amide bonds. The van der Waals surface area contributed by atoms with Gasteiger partial charge in [0.15, 0.2) is 0 Å². The minimum absolute atomic E-state index is 0.00259. The zero-order valence-electron chi connectivity index (χ0n) is 10.0. The van der Waals surface area contributed by atoms with Crippen LogP contribution in [0.3, 0.4) is 0 Å². The molecule has 3 nitrogen and oxygen atoms in total. The molecule has 0 aliphatic carbocycles. The van der Waals surface area contributed by atoms with E-state index in [-0.39, 0.29) is 5.91 Å². The average molecular weight is 273 g/mol. The smallest absolute Gasteiger partial charge is 0.230 e. The van der Waals surface area contributed by atoms with Crippen molar-refractivity contribution in [1.82, 2.24) is 10.6 Å². The Morgan fingerprint density at radius 3 is 2.82 bits per heavy atom. The van der Waals surface area contributed by atoms with Gasteiger partial charge in [0.25, 0.3) is 0 Å². The normalized spacial score (nSPS) is 10.3. The molecule has 1 rings (SSSR count). The number of rotatable bonds is 6. The molecule has 2 N–H and O–H groups in total. The molecular weight excluding hydrogens is 256 g/mol. The largest absolute Gasteiger partial charge is 0.358 e. The molecule has 0 atom stereocenters. The molecule has 0 fully saturated rings. The highest BCUT2D eigenvalue weighted by Gasteiger charge is 2.05. The molecule has 0 bridgehead atoms. The van der Waals surface area contributed by atoms with Crippen molar-refractivity contribution < 1.29 is 4.79 Å². The molecule has 17 heavy (non-hydrogen) atoms. The Morgan fingerprint density at radius 1 is 1.47 bits per heavy atom. The van der Waals surface area contributed by atoms with Crippen LogP contribution in [0.25, 0.3) is 0 Å². The van der Waals surface area contributed by atoms with E-state index < -0.39 is 0 Å². The summed E-state index contributed by atoms with van der Waals surface area (Å²) in [7, 11) is 1.63. The van der Waals surface area contributed by atoms with Crippen molar-refractivity contribution in [3.8, 4) is 0 Å². The van der Waals surface area contributed by atoms with E-state index >= 15 is 0 Å². The SMILES string of the molecule is CCNCc1ccc(SCC(=O)NC)c(Cl)c1. The Morgan fingerprint density at radius 2 is 2.24 bits per heavy atom. The third-order valence-electron chi connectivity index (χ3n) is 2.21. The summed E-state index contributed by atoms with van der Waals surface area (Å²) in [4.78, 5) is 12.1. The molecule has 94 valence electrons. The molecule has 0 radical (unpaired) electrons. The second-order valence-corrected chi connectivity index (χ2v) is 4.93. The van der Waals surface area contributed by atoms with Gasteiger partial charge in [-0.25, -0.2) is 0 Å². The summed E-state index contributed by atoms with van der Waals surface area (Å²) in [6.07, 6.45) is 0. The fourth-order valence-electron chi connectivity index (χ4n) is 1.26. The summed E-state index contributed by atoms with van der Waals surface area (Å²) in [5.41, 5.74) is 1.15. The van der Waals surface area contributed by atoms with E-state index in [9.17, 15) is 4.79 Å². The Kier molecular flexibility index (Phi) is 6.40. The van der Waals surface area contributed by atoms with Crippen LogP contribution in [0.5, 0.6) is 0 Å². The molecule has 0 saturated heterocycles. The van der Waals surface area contributed by atoms with Gasteiger partial charge in [-0.15, -0.1) is 11.8 Å². The van der Waals surface area contributed by atoms with Crippen molar-refractivity contribution in [3.63, 3.8) is 0 Å². The van der Waals surface area contributed by atoms with Crippen molar-refractivity contribution in [2.45, 2.75) is 18.4 Å². The summed E-state index contributed by atoms with van der Waals surface area (Å²) in [5.74, 6) is 0.394. The highest BCUT2D eigenvalue weighted by molar-refractivity contribution is 8.00. The second kappa shape index (κ2) is 7.58. The predicted octanol–water partition coefficient (Wildman–Crippen LogP) is 2.29. The second-order valence-electron chi connectivity index (χ2n) is 3.51. The molecule has 0 heterocycles. The summed E-state index contributed by atoms with van der Waals surface area (Å²) in [6, 6.07) is 5.93. The van der Waals surface area contributed by atoms with E-state index in [0.717, 1.165) is 23.5 Å². The van der Waals surface area contributed by atoms with Gasteiger partial charge in [-0.1, -0.05) is 24.6 Å². The van der Waals surface area contributed by atoms with Gasteiger partial charge < -0.3 is 10.6 Å². The summed E-state index contributed by atoms with van der Waals surface area (Å²) >= 11 is 7.60. The highest BCUT2D eigenvalue weighted by atomic mass is 35.5. The summed E-state index contributed by atoms with van der Waals surface area (Å²) < 4.78 is 0. The van der Waals surface area contributed by atoms with Crippen LogP contribution in [0.15, 0.2) is 23.1 Å². The molecule has 1 aromatic rings. The monoisotopic (exact) mass is 272 g/mol. The molecule has 0 aliphatic heterocycles. The van der Waals surface area contributed by atoms with Gasteiger partial charge >= 0.3 is 0 Å². The van der Waals surface area contributed by atoms with Crippen molar-refractivity contribution in [2.24, 2.45) is 0 Å². The van der Waals surface area contributed by atoms with Gasteiger partial charge in [-0.3, -0.25) is 4.79 Å². The van der Waals surface area contributed by atoms with Gasteiger partial charge in [0, 0.05) is 18.5 Å². The van der Waals surface area contributed by atoms with Crippen LogP contribution in [-0.4, -0.2) is 25.3 Å². The molecule has 0 saturated carbocycles. The lowest BCUT2D eigenvalue weighted by Crippen LogP contribution is -2.19. The molecule has 0 aromatic heterocycles. The van der Waals surface area contributed by atoms with E-state index in [4.69, 9.17) is 11.6 Å². The molecular formula is C12H17ClN2OS. The van der Waals surface area contributed by atoms with Crippen molar-refractivity contribution >= 4 is 29.3 Å². The maximum Gasteiger partial charge on any atom is 0.230 e. The van der Waals surface area contributed by atoms with Crippen molar-refractivity contribution in [1.29, 1.82) is 0 Å². The van der Waals surface area contributed by atoms with Crippen LogP contribution in [0, 0.1) is 0 Å². The maximum atomic E-state index is 11.1. The first-order valence-corrected chi connectivity index (χ1v) is 6.86. The minimum atomic E-state index is 0.00259. The van der Waals surface area contributed by atoms with Crippen LogP contribution in [0.4, 0.5) is 0 Å². The Bertz CT molecular complexity index is 385. The van der Waals surface area contributed by atoms with Gasteiger partial charge in [-0.2, -0.15) is 0 Å². The average Bonchev–Trinajstić information content (AvgIpc) is 2.34. The standard InChI is InChI=1S/C12H17ClN2OS/c1-3-15-7-9-4-5-11(10(13)6-9)17-8-12(16)14-2/h4-6,15H,3,7-8H2,1-2H3,(H,14,16). The van der Waals surface area contributed by atoms with E-state index in [1.165, 1.54) is 11.8 Å². The zero-order valence-corrected chi connectivity index (χ0v) is 11.6. The fourth-order valence-corrected chi connectivity index (χ4v) is 2.41. The molecule has 0 aliphatic rings. The number of carbonyl (C=O) groups is 1. The Hall–Kier alpha value is -0.710. The lowest BCUT2D eigenvalue weighted by atomic mass is 10.2. The number of hydrogen-bond donors (Lipinski definition) is 2. The van der Waals surface area contributed by atoms with Crippen molar-refractivity contribution in [3.05, 3.63) is 28.8 Å².